The van der Waals surface area contributed by atoms with Gasteiger partial charge < -0.3 is 10.2 Å². The second-order valence-electron chi connectivity index (χ2n) is 6.39. The predicted molar refractivity (Wildman–Crippen MR) is 96.5 cm³/mol. The maximum Gasteiger partial charge on any atom is 0.227 e. The lowest BCUT2D eigenvalue weighted by Gasteiger charge is -2.35. The number of benzene rings is 1. The second-order valence-corrected chi connectivity index (χ2v) is 6.39. The van der Waals surface area contributed by atoms with Crippen LogP contribution in [0.15, 0.2) is 30.3 Å². The zero-order chi connectivity index (χ0) is 16.2. The largest absolute Gasteiger partial charge is 0.340 e. The van der Waals surface area contributed by atoms with Crippen LogP contribution in [0.3, 0.4) is 0 Å². The monoisotopic (exact) mass is 310 g/mol. The number of aryl methyl sites for hydroxylation is 2. The fraction of sp³-hybridized carbons (Fsp3) is 0.474. The van der Waals surface area contributed by atoms with Crippen LogP contribution in [0.5, 0.6) is 0 Å². The molecule has 1 N–H and O–H groups in total. The van der Waals surface area contributed by atoms with Crippen molar-refractivity contribution >= 4 is 17.5 Å². The smallest absolute Gasteiger partial charge is 0.227 e. The third-order valence-electron chi connectivity index (χ3n) is 4.61. The van der Waals surface area contributed by atoms with E-state index in [1.807, 2.05) is 19.1 Å². The highest BCUT2D eigenvalue weighted by Gasteiger charge is 2.23. The lowest BCUT2D eigenvalue weighted by Crippen LogP contribution is -2.40. The maximum absolute atomic E-state index is 4.80. The summed E-state index contributed by atoms with van der Waals surface area (Å²) in [4.78, 5) is 11.9. The average molecular weight is 310 g/mol. The molecule has 1 aliphatic heterocycles. The highest BCUT2D eigenvalue weighted by atomic mass is 15.3. The standard InChI is InChI=1S/C19H26N4/c1-4-16-10-7-8-12-23(16)19-20-15(3)13-18(22-19)21-17-11-6-5-9-14(17)2/h5-6,9,11,13,16H,4,7-8,10,12H2,1-3H3,(H,20,21,22). The third-order valence-corrected chi connectivity index (χ3v) is 4.61. The Hall–Kier alpha value is -2.10. The van der Waals surface area contributed by atoms with Crippen LogP contribution in [0, 0.1) is 13.8 Å². The first-order valence-corrected chi connectivity index (χ1v) is 8.62. The van der Waals surface area contributed by atoms with Gasteiger partial charge in [-0.3, -0.25) is 0 Å². The van der Waals surface area contributed by atoms with Gasteiger partial charge in [-0.05, 0) is 51.2 Å². The number of nitrogens with zero attached hydrogens (tertiary/aromatic N) is 3. The van der Waals surface area contributed by atoms with Crippen LogP contribution in [0.1, 0.15) is 43.9 Å². The van der Waals surface area contributed by atoms with Gasteiger partial charge in [0.15, 0.2) is 0 Å². The molecule has 0 bridgehead atoms. The highest BCUT2D eigenvalue weighted by molar-refractivity contribution is 5.61. The number of piperidine rings is 1. The van der Waals surface area contributed by atoms with Crippen molar-refractivity contribution in [3.05, 3.63) is 41.6 Å². The molecule has 1 atom stereocenters. The van der Waals surface area contributed by atoms with Gasteiger partial charge in [0.2, 0.25) is 5.95 Å². The molecule has 4 nitrogen and oxygen atoms in total. The molecule has 1 unspecified atom stereocenters. The van der Waals surface area contributed by atoms with Crippen LogP contribution in [0.4, 0.5) is 17.5 Å². The van der Waals surface area contributed by atoms with Crippen LogP contribution in [0.2, 0.25) is 0 Å². The third kappa shape index (κ3) is 3.63. The quantitative estimate of drug-likeness (QED) is 0.895. The van der Waals surface area contributed by atoms with Crippen molar-refractivity contribution in [2.24, 2.45) is 0 Å². The van der Waals surface area contributed by atoms with Crippen LogP contribution < -0.4 is 10.2 Å². The summed E-state index contributed by atoms with van der Waals surface area (Å²) in [6.45, 7) is 7.46. The van der Waals surface area contributed by atoms with E-state index in [0.29, 0.717) is 6.04 Å². The lowest BCUT2D eigenvalue weighted by atomic mass is 10.0. The summed E-state index contributed by atoms with van der Waals surface area (Å²) in [5, 5.41) is 3.45. The maximum atomic E-state index is 4.80. The van der Waals surface area contributed by atoms with E-state index in [1.54, 1.807) is 0 Å². The van der Waals surface area contributed by atoms with Crippen LogP contribution in [-0.4, -0.2) is 22.6 Å². The SMILES string of the molecule is CCC1CCCCN1c1nc(C)cc(Nc2ccccc2C)n1. The molecule has 122 valence electrons. The molecular weight excluding hydrogens is 284 g/mol. The van der Waals surface area contributed by atoms with E-state index < -0.39 is 0 Å². The second kappa shape index (κ2) is 6.99. The van der Waals surface area contributed by atoms with Gasteiger partial charge in [-0.15, -0.1) is 0 Å². The first kappa shape index (κ1) is 15.8. The van der Waals surface area contributed by atoms with Crippen LogP contribution in [-0.2, 0) is 0 Å². The number of rotatable bonds is 4. The zero-order valence-corrected chi connectivity index (χ0v) is 14.3. The zero-order valence-electron chi connectivity index (χ0n) is 14.3. The molecule has 0 aliphatic carbocycles. The molecule has 1 aromatic heterocycles. The summed E-state index contributed by atoms with van der Waals surface area (Å²) < 4.78 is 0. The Morgan fingerprint density at radius 2 is 2.00 bits per heavy atom. The summed E-state index contributed by atoms with van der Waals surface area (Å²) in [6.07, 6.45) is 4.94. The van der Waals surface area contributed by atoms with E-state index in [0.717, 1.165) is 36.1 Å². The molecule has 1 aliphatic rings. The summed E-state index contributed by atoms with van der Waals surface area (Å²) >= 11 is 0. The summed E-state index contributed by atoms with van der Waals surface area (Å²) in [6, 6.07) is 10.9. The molecule has 23 heavy (non-hydrogen) atoms. The van der Waals surface area contributed by atoms with Gasteiger partial charge in [-0.1, -0.05) is 25.1 Å². The van der Waals surface area contributed by atoms with Crippen molar-refractivity contribution in [1.82, 2.24) is 9.97 Å². The first-order chi connectivity index (χ1) is 11.2. The van der Waals surface area contributed by atoms with E-state index in [2.05, 4.69) is 42.3 Å². The summed E-state index contributed by atoms with van der Waals surface area (Å²) in [5.41, 5.74) is 3.32. The van der Waals surface area contributed by atoms with Crippen molar-refractivity contribution in [2.45, 2.75) is 52.5 Å². The number of anilines is 3. The van der Waals surface area contributed by atoms with Gasteiger partial charge in [0.05, 0.1) is 0 Å². The average Bonchev–Trinajstić information content (AvgIpc) is 2.56. The normalized spacial score (nSPS) is 18.0. The number of hydrogen-bond donors (Lipinski definition) is 1. The molecule has 0 spiro atoms. The summed E-state index contributed by atoms with van der Waals surface area (Å²) in [7, 11) is 0. The fourth-order valence-electron chi connectivity index (χ4n) is 3.28. The molecule has 1 aromatic carbocycles. The van der Waals surface area contributed by atoms with Gasteiger partial charge >= 0.3 is 0 Å². The predicted octanol–water partition coefficient (Wildman–Crippen LogP) is 4.61. The number of para-hydroxylation sites is 1. The first-order valence-electron chi connectivity index (χ1n) is 8.62. The van der Waals surface area contributed by atoms with Gasteiger partial charge in [0, 0.05) is 30.0 Å². The lowest BCUT2D eigenvalue weighted by molar-refractivity contribution is 0.443. The topological polar surface area (TPSA) is 41.1 Å². The van der Waals surface area contributed by atoms with E-state index >= 15 is 0 Å². The molecule has 4 heteroatoms. The number of hydrogen-bond acceptors (Lipinski definition) is 4. The number of aromatic nitrogens is 2. The van der Waals surface area contributed by atoms with Gasteiger partial charge in [0.25, 0.3) is 0 Å². The molecule has 0 saturated carbocycles. The Morgan fingerprint density at radius 3 is 2.78 bits per heavy atom. The number of nitrogens with one attached hydrogen (secondary N) is 1. The van der Waals surface area contributed by atoms with E-state index in [-0.39, 0.29) is 0 Å². The Morgan fingerprint density at radius 1 is 1.17 bits per heavy atom. The van der Waals surface area contributed by atoms with Gasteiger partial charge in [-0.2, -0.15) is 4.98 Å². The van der Waals surface area contributed by atoms with Crippen molar-refractivity contribution < 1.29 is 0 Å². The van der Waals surface area contributed by atoms with E-state index in [1.165, 1.54) is 24.8 Å². The van der Waals surface area contributed by atoms with Crippen molar-refractivity contribution in [1.29, 1.82) is 0 Å². The molecule has 1 fully saturated rings. The van der Waals surface area contributed by atoms with Crippen molar-refractivity contribution in [3.8, 4) is 0 Å². The van der Waals surface area contributed by atoms with Gasteiger partial charge in [0.1, 0.15) is 5.82 Å². The molecule has 0 amide bonds. The Labute approximate surface area is 139 Å². The Balaban J connectivity index is 1.88. The minimum absolute atomic E-state index is 0.567. The van der Waals surface area contributed by atoms with E-state index in [9.17, 15) is 0 Å². The summed E-state index contributed by atoms with van der Waals surface area (Å²) in [5.74, 6) is 1.75. The van der Waals surface area contributed by atoms with Crippen molar-refractivity contribution in [3.63, 3.8) is 0 Å². The van der Waals surface area contributed by atoms with Crippen LogP contribution in [0.25, 0.3) is 0 Å². The van der Waals surface area contributed by atoms with Crippen molar-refractivity contribution in [2.75, 3.05) is 16.8 Å². The minimum Gasteiger partial charge on any atom is -0.340 e. The van der Waals surface area contributed by atoms with Crippen LogP contribution >= 0.6 is 0 Å². The molecule has 2 aromatic rings. The molecule has 3 rings (SSSR count). The highest BCUT2D eigenvalue weighted by Crippen LogP contribution is 2.26. The molecule has 1 saturated heterocycles. The van der Waals surface area contributed by atoms with Gasteiger partial charge in [-0.25, -0.2) is 4.98 Å². The van der Waals surface area contributed by atoms with E-state index in [4.69, 9.17) is 9.97 Å². The molecular formula is C19H26N4. The Bertz CT molecular complexity index is 668. The molecule has 2 heterocycles. The Kier molecular flexibility index (Phi) is 4.79. The minimum atomic E-state index is 0.567. The fourth-order valence-corrected chi connectivity index (χ4v) is 3.28. The molecule has 0 radical (unpaired) electrons.